The van der Waals surface area contributed by atoms with E-state index in [9.17, 15) is 4.79 Å². The summed E-state index contributed by atoms with van der Waals surface area (Å²) in [4.78, 5) is 14.9. The molecule has 98 valence electrons. The van der Waals surface area contributed by atoms with Gasteiger partial charge in [-0.15, -0.1) is 11.3 Å². The number of hydrogen-bond donors (Lipinski definition) is 0. The number of benzene rings is 1. The van der Waals surface area contributed by atoms with Crippen LogP contribution >= 0.6 is 27.3 Å². The van der Waals surface area contributed by atoms with E-state index in [0.717, 1.165) is 33.5 Å². The number of ether oxygens (including phenoxy) is 2. The number of aromatic nitrogens is 1. The molecule has 0 amide bonds. The Bertz CT molecular complexity index is 626. The molecular weight excluding hydrogens is 330 g/mol. The Kier molecular flexibility index (Phi) is 3.52. The number of nitrogens with zero attached hydrogens (tertiary/aromatic N) is 1. The van der Waals surface area contributed by atoms with Crippen molar-refractivity contribution in [3.8, 4) is 22.1 Å². The maximum absolute atomic E-state index is 10.7. The summed E-state index contributed by atoms with van der Waals surface area (Å²) in [6, 6.07) is 3.83. The summed E-state index contributed by atoms with van der Waals surface area (Å²) < 4.78 is 12.2. The number of aldehydes is 1. The zero-order valence-corrected chi connectivity index (χ0v) is 12.3. The minimum atomic E-state index is 0.447. The van der Waals surface area contributed by atoms with Gasteiger partial charge in [0.15, 0.2) is 17.8 Å². The first-order valence-electron chi connectivity index (χ1n) is 5.78. The molecule has 6 heteroatoms. The first-order chi connectivity index (χ1) is 9.28. The fourth-order valence-electron chi connectivity index (χ4n) is 1.83. The largest absolute Gasteiger partial charge is 0.489 e. The van der Waals surface area contributed by atoms with Gasteiger partial charge in [0.1, 0.15) is 10.7 Å². The van der Waals surface area contributed by atoms with Crippen molar-refractivity contribution in [1.29, 1.82) is 0 Å². The van der Waals surface area contributed by atoms with Crippen LogP contribution in [-0.4, -0.2) is 24.5 Å². The predicted octanol–water partition coefficient (Wildman–Crippen LogP) is 3.55. The van der Waals surface area contributed by atoms with Gasteiger partial charge in [-0.3, -0.25) is 4.79 Å². The van der Waals surface area contributed by atoms with E-state index in [1.807, 2.05) is 12.1 Å². The van der Waals surface area contributed by atoms with Gasteiger partial charge in [0.25, 0.3) is 0 Å². The molecule has 0 N–H and O–H groups in total. The van der Waals surface area contributed by atoms with Gasteiger partial charge in [0, 0.05) is 17.4 Å². The van der Waals surface area contributed by atoms with Crippen molar-refractivity contribution in [2.45, 2.75) is 6.42 Å². The quantitative estimate of drug-likeness (QED) is 0.785. The van der Waals surface area contributed by atoms with E-state index in [-0.39, 0.29) is 0 Å². The van der Waals surface area contributed by atoms with Crippen molar-refractivity contribution in [1.82, 2.24) is 4.98 Å². The van der Waals surface area contributed by atoms with Gasteiger partial charge in [-0.25, -0.2) is 4.98 Å². The van der Waals surface area contributed by atoms with Crippen LogP contribution in [0, 0.1) is 0 Å². The normalized spacial score (nSPS) is 13.9. The van der Waals surface area contributed by atoms with Crippen LogP contribution in [0.2, 0.25) is 0 Å². The molecule has 3 rings (SSSR count). The second-order valence-electron chi connectivity index (χ2n) is 4.03. The number of thiazole rings is 1. The Morgan fingerprint density at radius 2 is 2.16 bits per heavy atom. The van der Waals surface area contributed by atoms with Crippen molar-refractivity contribution in [3.63, 3.8) is 0 Å². The highest BCUT2D eigenvalue weighted by molar-refractivity contribution is 9.10. The molecule has 0 unspecified atom stereocenters. The standard InChI is InChI=1S/C13H10BrNO3S/c14-10-4-8(13-15-9(6-16)7-19-13)5-11-12(10)18-3-1-2-17-11/h4-7H,1-3H2. The Morgan fingerprint density at radius 1 is 1.32 bits per heavy atom. The number of fused-ring (bicyclic) bond motifs is 1. The summed E-state index contributed by atoms with van der Waals surface area (Å²) in [7, 11) is 0. The van der Waals surface area contributed by atoms with Crippen LogP contribution in [0.3, 0.4) is 0 Å². The maximum Gasteiger partial charge on any atom is 0.175 e. The maximum atomic E-state index is 10.7. The molecule has 19 heavy (non-hydrogen) atoms. The lowest BCUT2D eigenvalue weighted by atomic mass is 10.2. The molecule has 0 atom stereocenters. The summed E-state index contributed by atoms with van der Waals surface area (Å²) in [5, 5.41) is 2.53. The average molecular weight is 340 g/mol. The fraction of sp³-hybridized carbons (Fsp3) is 0.231. The molecule has 2 aromatic rings. The molecule has 0 aliphatic carbocycles. The lowest BCUT2D eigenvalue weighted by molar-refractivity contribution is 0.111. The number of halogens is 1. The Morgan fingerprint density at radius 3 is 2.95 bits per heavy atom. The Labute approximate surface area is 122 Å². The molecule has 1 aliphatic rings. The van der Waals surface area contributed by atoms with E-state index in [1.54, 1.807) is 5.38 Å². The molecule has 1 aromatic heterocycles. The van der Waals surface area contributed by atoms with Gasteiger partial charge >= 0.3 is 0 Å². The lowest BCUT2D eigenvalue weighted by Crippen LogP contribution is -1.97. The van der Waals surface area contributed by atoms with Crippen LogP contribution < -0.4 is 9.47 Å². The van der Waals surface area contributed by atoms with Gasteiger partial charge in [-0.1, -0.05) is 0 Å². The number of carbonyl (C=O) groups is 1. The molecule has 2 heterocycles. The van der Waals surface area contributed by atoms with Gasteiger partial charge in [-0.05, 0) is 28.1 Å². The van der Waals surface area contributed by atoms with E-state index in [4.69, 9.17) is 9.47 Å². The molecule has 1 aromatic carbocycles. The van der Waals surface area contributed by atoms with E-state index in [0.29, 0.717) is 24.7 Å². The highest BCUT2D eigenvalue weighted by Crippen LogP contribution is 2.41. The van der Waals surface area contributed by atoms with Crippen molar-refractivity contribution in [3.05, 3.63) is 27.7 Å². The third kappa shape index (κ3) is 2.50. The van der Waals surface area contributed by atoms with Crippen LogP contribution in [0.1, 0.15) is 16.9 Å². The number of rotatable bonds is 2. The molecule has 0 saturated heterocycles. The molecule has 0 radical (unpaired) electrons. The summed E-state index contributed by atoms with van der Waals surface area (Å²) >= 11 is 4.92. The Balaban J connectivity index is 2.05. The second kappa shape index (κ2) is 5.30. The number of hydrogen-bond acceptors (Lipinski definition) is 5. The summed E-state index contributed by atoms with van der Waals surface area (Å²) in [6.07, 6.45) is 1.61. The average Bonchev–Trinajstić information content (AvgIpc) is 2.77. The van der Waals surface area contributed by atoms with E-state index in [2.05, 4.69) is 20.9 Å². The smallest absolute Gasteiger partial charge is 0.175 e. The molecular formula is C13H10BrNO3S. The number of carbonyl (C=O) groups excluding carboxylic acids is 1. The monoisotopic (exact) mass is 339 g/mol. The van der Waals surface area contributed by atoms with Crippen molar-refractivity contribution >= 4 is 33.6 Å². The second-order valence-corrected chi connectivity index (χ2v) is 5.74. The minimum Gasteiger partial charge on any atom is -0.489 e. The van der Waals surface area contributed by atoms with E-state index >= 15 is 0 Å². The fourth-order valence-corrected chi connectivity index (χ4v) is 3.14. The van der Waals surface area contributed by atoms with Gasteiger partial charge < -0.3 is 9.47 Å². The first-order valence-corrected chi connectivity index (χ1v) is 7.45. The minimum absolute atomic E-state index is 0.447. The third-order valence-corrected chi connectivity index (χ3v) is 4.19. The molecule has 0 fully saturated rings. The van der Waals surface area contributed by atoms with Crippen molar-refractivity contribution in [2.24, 2.45) is 0 Å². The van der Waals surface area contributed by atoms with Crippen LogP contribution in [0.5, 0.6) is 11.5 Å². The molecule has 0 bridgehead atoms. The van der Waals surface area contributed by atoms with E-state index in [1.165, 1.54) is 11.3 Å². The van der Waals surface area contributed by atoms with Gasteiger partial charge in [0.2, 0.25) is 0 Å². The molecule has 0 spiro atoms. The Hall–Kier alpha value is -1.40. The third-order valence-electron chi connectivity index (χ3n) is 2.69. The van der Waals surface area contributed by atoms with Crippen LogP contribution in [-0.2, 0) is 0 Å². The van der Waals surface area contributed by atoms with Gasteiger partial charge in [0.05, 0.1) is 17.7 Å². The van der Waals surface area contributed by atoms with Crippen LogP contribution in [0.15, 0.2) is 22.0 Å². The summed E-state index contributed by atoms with van der Waals surface area (Å²) in [6.45, 7) is 1.29. The predicted molar refractivity (Wildman–Crippen MR) is 76.2 cm³/mol. The zero-order valence-electron chi connectivity index (χ0n) is 9.89. The topological polar surface area (TPSA) is 48.4 Å². The highest BCUT2D eigenvalue weighted by atomic mass is 79.9. The summed E-state index contributed by atoms with van der Waals surface area (Å²) in [5.74, 6) is 1.44. The lowest BCUT2D eigenvalue weighted by Gasteiger charge is -2.10. The SMILES string of the molecule is O=Cc1csc(-c2cc(Br)c3c(c2)OCCCO3)n1. The van der Waals surface area contributed by atoms with Crippen molar-refractivity contribution in [2.75, 3.05) is 13.2 Å². The highest BCUT2D eigenvalue weighted by Gasteiger charge is 2.17. The van der Waals surface area contributed by atoms with Crippen molar-refractivity contribution < 1.29 is 14.3 Å². The van der Waals surface area contributed by atoms with Crippen LogP contribution in [0.4, 0.5) is 0 Å². The molecule has 0 saturated carbocycles. The van der Waals surface area contributed by atoms with Gasteiger partial charge in [-0.2, -0.15) is 0 Å². The summed E-state index contributed by atoms with van der Waals surface area (Å²) in [5.41, 5.74) is 1.36. The first kappa shape index (κ1) is 12.6. The van der Waals surface area contributed by atoms with Crippen LogP contribution in [0.25, 0.3) is 10.6 Å². The van der Waals surface area contributed by atoms with E-state index < -0.39 is 0 Å². The molecule has 1 aliphatic heterocycles. The zero-order chi connectivity index (χ0) is 13.2. The molecule has 4 nitrogen and oxygen atoms in total.